The highest BCUT2D eigenvalue weighted by Gasteiger charge is 2.11. The van der Waals surface area contributed by atoms with Crippen LogP contribution >= 0.6 is 38.5 Å². The minimum Gasteiger partial charge on any atom is -0.507 e. The van der Waals surface area contributed by atoms with Gasteiger partial charge in [0.1, 0.15) is 5.75 Å². The first-order chi connectivity index (χ1) is 8.58. The molecule has 2 rings (SSSR count). The molecule has 0 unspecified atom stereocenters. The number of anilines is 1. The van der Waals surface area contributed by atoms with Crippen LogP contribution in [-0.2, 0) is 0 Å². The maximum atomic E-state index is 12.0. The summed E-state index contributed by atoms with van der Waals surface area (Å²) >= 11 is 5.57. The molecule has 5 heteroatoms. The predicted molar refractivity (Wildman–Crippen MR) is 82.9 cm³/mol. The molecule has 0 bridgehead atoms. The standard InChI is InChI=1S/C13H9BrINO2/c14-10-7-8(15)5-6-11(10)16-13(18)9-3-1-2-4-12(9)17/h1-7,17H,(H,16,18). The fourth-order valence-electron chi connectivity index (χ4n) is 1.45. The monoisotopic (exact) mass is 417 g/mol. The van der Waals surface area contributed by atoms with E-state index in [1.54, 1.807) is 18.2 Å². The summed E-state index contributed by atoms with van der Waals surface area (Å²) in [6.07, 6.45) is 0. The van der Waals surface area contributed by atoms with Crippen molar-refractivity contribution in [2.45, 2.75) is 0 Å². The average molecular weight is 418 g/mol. The molecule has 0 atom stereocenters. The van der Waals surface area contributed by atoms with Crippen molar-refractivity contribution in [1.82, 2.24) is 0 Å². The molecule has 0 aliphatic carbocycles. The van der Waals surface area contributed by atoms with Gasteiger partial charge in [-0.1, -0.05) is 12.1 Å². The first kappa shape index (κ1) is 13.4. The average Bonchev–Trinajstić information content (AvgIpc) is 2.33. The molecule has 92 valence electrons. The quantitative estimate of drug-likeness (QED) is 0.725. The van der Waals surface area contributed by atoms with Gasteiger partial charge in [-0.05, 0) is 68.9 Å². The Bertz CT molecular complexity index is 601. The summed E-state index contributed by atoms with van der Waals surface area (Å²) in [5.74, 6) is -0.369. The first-order valence-corrected chi connectivity index (χ1v) is 6.99. The van der Waals surface area contributed by atoms with E-state index in [0.717, 1.165) is 8.04 Å². The molecule has 2 aromatic carbocycles. The number of nitrogens with one attached hydrogen (secondary N) is 1. The van der Waals surface area contributed by atoms with E-state index in [-0.39, 0.29) is 17.2 Å². The Hall–Kier alpha value is -1.08. The summed E-state index contributed by atoms with van der Waals surface area (Å²) in [5, 5.41) is 12.3. The molecule has 0 fully saturated rings. The molecule has 2 aromatic rings. The van der Waals surface area contributed by atoms with Crippen molar-refractivity contribution in [3.63, 3.8) is 0 Å². The lowest BCUT2D eigenvalue weighted by Crippen LogP contribution is -2.12. The van der Waals surface area contributed by atoms with Crippen LogP contribution in [0.4, 0.5) is 5.69 Å². The van der Waals surface area contributed by atoms with Crippen molar-refractivity contribution in [3.8, 4) is 5.75 Å². The van der Waals surface area contributed by atoms with Crippen LogP contribution in [0.2, 0.25) is 0 Å². The molecule has 18 heavy (non-hydrogen) atoms. The van der Waals surface area contributed by atoms with Gasteiger partial charge in [-0.3, -0.25) is 4.79 Å². The minimum absolute atomic E-state index is 0.0309. The largest absolute Gasteiger partial charge is 0.507 e. The third-order valence-corrected chi connectivity index (χ3v) is 3.66. The second-order valence-corrected chi connectivity index (χ2v) is 5.70. The Morgan fingerprint density at radius 2 is 1.94 bits per heavy atom. The lowest BCUT2D eigenvalue weighted by atomic mass is 10.2. The maximum absolute atomic E-state index is 12.0. The van der Waals surface area contributed by atoms with E-state index in [2.05, 4.69) is 43.8 Å². The van der Waals surface area contributed by atoms with Crippen molar-refractivity contribution >= 4 is 50.1 Å². The smallest absolute Gasteiger partial charge is 0.259 e. The fraction of sp³-hybridized carbons (Fsp3) is 0. The lowest BCUT2D eigenvalue weighted by Gasteiger charge is -2.08. The molecular formula is C13H9BrINO2. The van der Waals surface area contributed by atoms with Gasteiger partial charge in [0.15, 0.2) is 0 Å². The number of phenols is 1. The molecule has 0 saturated carbocycles. The predicted octanol–water partition coefficient (Wildman–Crippen LogP) is 4.01. The van der Waals surface area contributed by atoms with E-state index >= 15 is 0 Å². The Morgan fingerprint density at radius 3 is 2.61 bits per heavy atom. The Balaban J connectivity index is 2.24. The number of phenolic OH excluding ortho intramolecular Hbond substituents is 1. The van der Waals surface area contributed by atoms with E-state index in [4.69, 9.17) is 0 Å². The van der Waals surface area contributed by atoms with Crippen molar-refractivity contribution < 1.29 is 9.90 Å². The van der Waals surface area contributed by atoms with Crippen LogP contribution in [0.1, 0.15) is 10.4 Å². The number of para-hydroxylation sites is 1. The first-order valence-electron chi connectivity index (χ1n) is 5.12. The third-order valence-electron chi connectivity index (χ3n) is 2.33. The molecular weight excluding hydrogens is 409 g/mol. The highest BCUT2D eigenvalue weighted by Crippen LogP contribution is 2.26. The maximum Gasteiger partial charge on any atom is 0.259 e. The van der Waals surface area contributed by atoms with Gasteiger partial charge in [-0.2, -0.15) is 0 Å². The molecule has 2 N–H and O–H groups in total. The van der Waals surface area contributed by atoms with Gasteiger partial charge >= 0.3 is 0 Å². The normalized spacial score (nSPS) is 10.1. The summed E-state index contributed by atoms with van der Waals surface area (Å²) in [6, 6.07) is 12.0. The van der Waals surface area contributed by atoms with Gasteiger partial charge in [-0.25, -0.2) is 0 Å². The number of benzene rings is 2. The Morgan fingerprint density at radius 1 is 1.22 bits per heavy atom. The van der Waals surface area contributed by atoms with E-state index in [0.29, 0.717) is 5.69 Å². The molecule has 0 saturated heterocycles. The highest BCUT2D eigenvalue weighted by atomic mass is 127. The van der Waals surface area contributed by atoms with Crippen molar-refractivity contribution in [1.29, 1.82) is 0 Å². The van der Waals surface area contributed by atoms with Gasteiger partial charge in [0, 0.05) is 8.04 Å². The highest BCUT2D eigenvalue weighted by molar-refractivity contribution is 14.1. The van der Waals surface area contributed by atoms with Crippen LogP contribution in [0.25, 0.3) is 0 Å². The second-order valence-electron chi connectivity index (χ2n) is 3.60. The fourth-order valence-corrected chi connectivity index (χ4v) is 2.84. The summed E-state index contributed by atoms with van der Waals surface area (Å²) in [7, 11) is 0. The van der Waals surface area contributed by atoms with Gasteiger partial charge < -0.3 is 10.4 Å². The van der Waals surface area contributed by atoms with Crippen LogP contribution in [-0.4, -0.2) is 11.0 Å². The summed E-state index contributed by atoms with van der Waals surface area (Å²) < 4.78 is 1.87. The van der Waals surface area contributed by atoms with Gasteiger partial charge in [-0.15, -0.1) is 0 Å². The molecule has 3 nitrogen and oxygen atoms in total. The molecule has 0 aromatic heterocycles. The Kier molecular flexibility index (Phi) is 4.23. The zero-order valence-corrected chi connectivity index (χ0v) is 12.9. The van der Waals surface area contributed by atoms with Crippen LogP contribution < -0.4 is 5.32 Å². The number of rotatable bonds is 2. The third kappa shape index (κ3) is 3.02. The topological polar surface area (TPSA) is 49.3 Å². The SMILES string of the molecule is O=C(Nc1ccc(I)cc1Br)c1ccccc1O. The minimum atomic E-state index is -0.338. The zero-order chi connectivity index (χ0) is 13.1. The number of aromatic hydroxyl groups is 1. The molecule has 0 radical (unpaired) electrons. The summed E-state index contributed by atoms with van der Waals surface area (Å²) in [4.78, 5) is 12.0. The molecule has 0 aliphatic heterocycles. The lowest BCUT2D eigenvalue weighted by molar-refractivity contribution is 0.102. The summed E-state index contributed by atoms with van der Waals surface area (Å²) in [5.41, 5.74) is 0.923. The number of amides is 1. The van der Waals surface area contributed by atoms with E-state index in [1.807, 2.05) is 18.2 Å². The van der Waals surface area contributed by atoms with Crippen LogP contribution in [0, 0.1) is 3.57 Å². The van der Waals surface area contributed by atoms with Crippen molar-refractivity contribution in [2.75, 3.05) is 5.32 Å². The van der Waals surface area contributed by atoms with Crippen LogP contribution in [0.5, 0.6) is 5.75 Å². The van der Waals surface area contributed by atoms with Crippen LogP contribution in [0.15, 0.2) is 46.9 Å². The van der Waals surface area contributed by atoms with Crippen molar-refractivity contribution in [2.24, 2.45) is 0 Å². The van der Waals surface area contributed by atoms with Gasteiger partial charge in [0.05, 0.1) is 11.3 Å². The number of hydrogen-bond donors (Lipinski definition) is 2. The molecule has 0 heterocycles. The molecule has 0 spiro atoms. The number of carbonyl (C=O) groups excluding carboxylic acids is 1. The molecule has 0 aliphatic rings. The van der Waals surface area contributed by atoms with Gasteiger partial charge in [0.2, 0.25) is 0 Å². The van der Waals surface area contributed by atoms with E-state index < -0.39 is 0 Å². The number of halogens is 2. The van der Waals surface area contributed by atoms with Gasteiger partial charge in [0.25, 0.3) is 5.91 Å². The zero-order valence-electron chi connectivity index (χ0n) is 9.15. The number of carbonyl (C=O) groups is 1. The number of hydrogen-bond acceptors (Lipinski definition) is 2. The Labute approximate surface area is 126 Å². The second kappa shape index (κ2) is 5.71. The van der Waals surface area contributed by atoms with Crippen molar-refractivity contribution in [3.05, 3.63) is 56.1 Å². The van der Waals surface area contributed by atoms with E-state index in [1.165, 1.54) is 6.07 Å². The van der Waals surface area contributed by atoms with Crippen LogP contribution in [0.3, 0.4) is 0 Å². The van der Waals surface area contributed by atoms with E-state index in [9.17, 15) is 9.90 Å². The molecule has 1 amide bonds. The summed E-state index contributed by atoms with van der Waals surface area (Å²) in [6.45, 7) is 0.